The van der Waals surface area contributed by atoms with Crippen LogP contribution in [-0.4, -0.2) is 89.3 Å². The Balaban J connectivity index is -0.0000000267. The van der Waals surface area contributed by atoms with Gasteiger partial charge in [-0.15, -0.1) is 9.05 Å². The van der Waals surface area contributed by atoms with Crippen molar-refractivity contribution in [2.45, 2.75) is 0 Å². The molecule has 8 heteroatoms. The Morgan fingerprint density at radius 2 is 1.00 bits per heavy atom. The summed E-state index contributed by atoms with van der Waals surface area (Å²) in [5.41, 5.74) is 0. The van der Waals surface area contributed by atoms with Crippen molar-refractivity contribution < 1.29 is 31.6 Å². The molecular weight excluding hydrogens is 208 g/mol. The molecule has 0 aliphatic rings. The third-order valence-corrected chi connectivity index (χ3v) is 0. The van der Waals surface area contributed by atoms with Gasteiger partial charge in [0.05, 0.1) is 0 Å². The fraction of sp³-hybridized carbons (Fsp3) is 0. The van der Waals surface area contributed by atoms with Gasteiger partial charge in [-0.25, -0.2) is 0 Å². The van der Waals surface area contributed by atoms with Gasteiger partial charge in [0.2, 0.25) is 0 Å². The van der Waals surface area contributed by atoms with Gasteiger partial charge in [0.15, 0.2) is 0 Å². The first-order valence-corrected chi connectivity index (χ1v) is 2.51. The SMILES string of the molecule is [Ca+2].[Ca+2].[Cl-].[O-][Si]([O-])([O-])O. The van der Waals surface area contributed by atoms with Crippen molar-refractivity contribution in [2.75, 3.05) is 0 Å². The molecule has 0 saturated heterocycles. The molecule has 0 amide bonds. The second kappa shape index (κ2) is 9.87. The normalized spacial score (nSPS) is 7.50. The van der Waals surface area contributed by atoms with E-state index in [1.54, 1.807) is 0 Å². The van der Waals surface area contributed by atoms with E-state index in [1.807, 2.05) is 0 Å². The Hall–Kier alpha value is 2.87. The minimum absolute atomic E-state index is 0. The minimum Gasteiger partial charge on any atom is -1.00 e. The van der Waals surface area contributed by atoms with E-state index in [0.717, 1.165) is 0 Å². The zero-order valence-electron chi connectivity index (χ0n) is 3.96. The summed E-state index contributed by atoms with van der Waals surface area (Å²) < 4.78 is 0. The molecule has 0 spiro atoms. The van der Waals surface area contributed by atoms with E-state index in [-0.39, 0.29) is 87.9 Å². The molecule has 0 aliphatic carbocycles. The Kier molecular flexibility index (Phi) is 27.7. The molecule has 0 atom stereocenters. The standard InChI is InChI=1S/2Ca.ClH.HO4Si/c;;;1-5(2,3)4/h;;1H;1H/q2*+2;;-3/p-1. The van der Waals surface area contributed by atoms with Crippen LogP contribution >= 0.6 is 0 Å². The summed E-state index contributed by atoms with van der Waals surface area (Å²) in [6.45, 7) is 0. The monoisotopic (exact) mass is 208 g/mol. The average molecular weight is 209 g/mol. The van der Waals surface area contributed by atoms with E-state index in [0.29, 0.717) is 0 Å². The predicted molar refractivity (Wildman–Crippen MR) is 19.5 cm³/mol. The van der Waals surface area contributed by atoms with Crippen LogP contribution in [0.5, 0.6) is 0 Å². The molecule has 0 fully saturated rings. The molecule has 4 nitrogen and oxygen atoms in total. The van der Waals surface area contributed by atoms with E-state index in [9.17, 15) is 0 Å². The predicted octanol–water partition coefficient (Wildman–Crippen LogP) is -8.26. The summed E-state index contributed by atoms with van der Waals surface area (Å²) in [6, 6.07) is 0. The van der Waals surface area contributed by atoms with Crippen molar-refractivity contribution in [1.82, 2.24) is 0 Å². The van der Waals surface area contributed by atoms with Crippen LogP contribution in [0.3, 0.4) is 0 Å². The molecule has 40 valence electrons. The van der Waals surface area contributed by atoms with E-state index in [2.05, 4.69) is 0 Å². The van der Waals surface area contributed by atoms with Crippen LogP contribution in [0.1, 0.15) is 0 Å². The fourth-order valence-corrected chi connectivity index (χ4v) is 0. The van der Waals surface area contributed by atoms with Gasteiger partial charge in [-0.05, 0) is 0 Å². The second-order valence-electron chi connectivity index (χ2n) is 0.524. The van der Waals surface area contributed by atoms with Gasteiger partial charge in [-0.2, -0.15) is 0 Å². The van der Waals surface area contributed by atoms with Gasteiger partial charge in [-0.1, -0.05) is 0 Å². The van der Waals surface area contributed by atoms with Crippen LogP contribution in [-0.2, 0) is 0 Å². The third kappa shape index (κ3) is 66.8. The third-order valence-electron chi connectivity index (χ3n) is 0. The van der Waals surface area contributed by atoms with E-state index in [1.165, 1.54) is 0 Å². The van der Waals surface area contributed by atoms with Gasteiger partial charge < -0.3 is 31.6 Å². The Bertz CT molecular complexity index is 29.5. The molecule has 0 unspecified atom stereocenters. The van der Waals surface area contributed by atoms with Crippen molar-refractivity contribution in [3.8, 4) is 0 Å². The first-order chi connectivity index (χ1) is 2.00. The van der Waals surface area contributed by atoms with Crippen LogP contribution in [0.25, 0.3) is 0 Å². The molecule has 0 heterocycles. The van der Waals surface area contributed by atoms with Crippen LogP contribution in [0.2, 0.25) is 0 Å². The number of hydrogen-bond acceptors (Lipinski definition) is 4. The molecule has 0 aromatic rings. The smallest absolute Gasteiger partial charge is 1.00 e. The maximum atomic E-state index is 8.69. The van der Waals surface area contributed by atoms with Crippen molar-refractivity contribution >= 4 is 84.5 Å². The second-order valence-corrected chi connectivity index (χ2v) is 1.57. The molecule has 0 radical (unpaired) electrons. The zero-order valence-corrected chi connectivity index (χ0v) is 10.1. The Morgan fingerprint density at radius 3 is 1.00 bits per heavy atom. The quantitative estimate of drug-likeness (QED) is 0.401. The van der Waals surface area contributed by atoms with Crippen LogP contribution in [0.4, 0.5) is 0 Å². The van der Waals surface area contributed by atoms with Crippen molar-refractivity contribution in [1.29, 1.82) is 0 Å². The van der Waals surface area contributed by atoms with Gasteiger partial charge in [0.25, 0.3) is 0 Å². The first kappa shape index (κ1) is 22.4. The molecular formula is HCa2ClO4Si. The number of rotatable bonds is 0. The molecule has 8 heavy (non-hydrogen) atoms. The summed E-state index contributed by atoms with van der Waals surface area (Å²) in [7, 11) is -5.36. The fourth-order valence-electron chi connectivity index (χ4n) is 0. The number of hydrogen-bond donors (Lipinski definition) is 1. The minimum atomic E-state index is -5.36. The van der Waals surface area contributed by atoms with Crippen molar-refractivity contribution in [3.63, 3.8) is 0 Å². The van der Waals surface area contributed by atoms with Gasteiger partial charge in [-0.3, -0.25) is 0 Å². The van der Waals surface area contributed by atoms with Crippen LogP contribution in [0.15, 0.2) is 0 Å². The van der Waals surface area contributed by atoms with Crippen LogP contribution in [0, 0.1) is 0 Å². The Labute approximate surface area is 114 Å². The number of halogens is 1. The molecule has 0 aromatic carbocycles. The maximum Gasteiger partial charge on any atom is 2.00 e. The van der Waals surface area contributed by atoms with Crippen LogP contribution < -0.4 is 26.8 Å². The maximum absolute atomic E-state index is 8.69. The average Bonchev–Trinajstić information content (AvgIpc) is 0.722. The summed E-state index contributed by atoms with van der Waals surface area (Å²) in [6.07, 6.45) is 0. The van der Waals surface area contributed by atoms with Gasteiger partial charge >= 0.3 is 75.5 Å². The summed E-state index contributed by atoms with van der Waals surface area (Å²) >= 11 is 0. The summed E-state index contributed by atoms with van der Waals surface area (Å²) in [5, 5.41) is 0. The molecule has 0 bridgehead atoms. The Morgan fingerprint density at radius 1 is 1.00 bits per heavy atom. The summed E-state index contributed by atoms with van der Waals surface area (Å²) in [5.74, 6) is 0. The van der Waals surface area contributed by atoms with E-state index < -0.39 is 9.05 Å². The first-order valence-electron chi connectivity index (χ1n) is 0.836. The van der Waals surface area contributed by atoms with E-state index in [4.69, 9.17) is 19.2 Å². The van der Waals surface area contributed by atoms with Crippen molar-refractivity contribution in [3.05, 3.63) is 0 Å². The zero-order chi connectivity index (χ0) is 4.50. The van der Waals surface area contributed by atoms with Gasteiger partial charge in [0, 0.05) is 0 Å². The van der Waals surface area contributed by atoms with Gasteiger partial charge in [0.1, 0.15) is 0 Å². The molecule has 0 saturated carbocycles. The molecule has 0 aliphatic heterocycles. The summed E-state index contributed by atoms with van der Waals surface area (Å²) in [4.78, 5) is 33.1. The molecule has 1 N–H and O–H groups in total. The topological polar surface area (TPSA) is 89.4 Å². The largest absolute Gasteiger partial charge is 2.00 e. The van der Waals surface area contributed by atoms with E-state index >= 15 is 0 Å². The van der Waals surface area contributed by atoms with Crippen molar-refractivity contribution in [2.24, 2.45) is 0 Å². The molecule has 0 rings (SSSR count). The molecule has 0 aromatic heterocycles.